The van der Waals surface area contributed by atoms with Crippen molar-refractivity contribution in [2.24, 2.45) is 0 Å². The van der Waals surface area contributed by atoms with E-state index in [1.54, 1.807) is 30.3 Å². The van der Waals surface area contributed by atoms with Crippen molar-refractivity contribution in [2.75, 3.05) is 11.9 Å². The number of amides is 3. The molecule has 1 fully saturated rings. The van der Waals surface area contributed by atoms with E-state index in [9.17, 15) is 14.4 Å². The maximum Gasteiger partial charge on any atom is 0.294 e. The summed E-state index contributed by atoms with van der Waals surface area (Å²) in [6, 6.07) is 16.3. The van der Waals surface area contributed by atoms with Gasteiger partial charge in [0, 0.05) is 10.2 Å². The molecule has 0 bridgehead atoms. The SMILES string of the molecule is O=C(CN1C(=O)S/C(=C/c2ccccc2)C1=O)Nc1ccc(Br)cc1. The quantitative estimate of drug-likeness (QED) is 0.760. The van der Waals surface area contributed by atoms with Crippen molar-refractivity contribution in [3.05, 3.63) is 69.5 Å². The van der Waals surface area contributed by atoms with Crippen molar-refractivity contribution >= 4 is 56.5 Å². The molecule has 5 nitrogen and oxygen atoms in total. The van der Waals surface area contributed by atoms with Crippen LogP contribution in [0.25, 0.3) is 6.08 Å². The lowest BCUT2D eigenvalue weighted by molar-refractivity contribution is -0.127. The average molecular weight is 417 g/mol. The van der Waals surface area contributed by atoms with Crippen molar-refractivity contribution in [2.45, 2.75) is 0 Å². The number of hydrogen-bond acceptors (Lipinski definition) is 4. The van der Waals surface area contributed by atoms with Crippen molar-refractivity contribution < 1.29 is 14.4 Å². The van der Waals surface area contributed by atoms with Crippen molar-refractivity contribution in [3.8, 4) is 0 Å². The fourth-order valence-electron chi connectivity index (χ4n) is 2.21. The van der Waals surface area contributed by atoms with E-state index in [0.29, 0.717) is 10.6 Å². The van der Waals surface area contributed by atoms with Gasteiger partial charge in [0.2, 0.25) is 5.91 Å². The fraction of sp³-hybridized carbons (Fsp3) is 0.0556. The third-order valence-corrected chi connectivity index (χ3v) is 4.84. The lowest BCUT2D eigenvalue weighted by Crippen LogP contribution is -2.36. The van der Waals surface area contributed by atoms with Gasteiger partial charge in [-0.3, -0.25) is 19.3 Å². The zero-order chi connectivity index (χ0) is 17.8. The summed E-state index contributed by atoms with van der Waals surface area (Å²) in [6.07, 6.45) is 1.65. The molecule has 3 amide bonds. The highest BCUT2D eigenvalue weighted by molar-refractivity contribution is 9.10. The van der Waals surface area contributed by atoms with Crippen molar-refractivity contribution in [3.63, 3.8) is 0 Å². The smallest absolute Gasteiger partial charge is 0.294 e. The first-order chi connectivity index (χ1) is 12.0. The van der Waals surface area contributed by atoms with Crippen LogP contribution in [0.1, 0.15) is 5.56 Å². The van der Waals surface area contributed by atoms with Gasteiger partial charge in [0.05, 0.1) is 4.91 Å². The molecule has 1 aliphatic rings. The van der Waals surface area contributed by atoms with Gasteiger partial charge in [-0.1, -0.05) is 46.3 Å². The largest absolute Gasteiger partial charge is 0.325 e. The summed E-state index contributed by atoms with van der Waals surface area (Å²) in [5.74, 6) is -0.879. The van der Waals surface area contributed by atoms with Crippen LogP contribution in [0.3, 0.4) is 0 Å². The number of carbonyl (C=O) groups excluding carboxylic acids is 3. The van der Waals surface area contributed by atoms with Crippen LogP contribution in [0.15, 0.2) is 64.0 Å². The second kappa shape index (κ2) is 7.67. The molecule has 1 aliphatic heterocycles. The number of hydrogen-bond donors (Lipinski definition) is 1. The molecule has 1 saturated heterocycles. The van der Waals surface area contributed by atoms with Crippen LogP contribution in [0.4, 0.5) is 10.5 Å². The van der Waals surface area contributed by atoms with Crippen LogP contribution >= 0.6 is 27.7 Å². The van der Waals surface area contributed by atoms with Gasteiger partial charge in [0.25, 0.3) is 11.1 Å². The number of anilines is 1. The lowest BCUT2D eigenvalue weighted by Gasteiger charge is -2.12. The predicted octanol–water partition coefficient (Wildman–Crippen LogP) is 4.12. The number of benzene rings is 2. The molecule has 0 radical (unpaired) electrons. The minimum absolute atomic E-state index is 0.313. The first kappa shape index (κ1) is 17.4. The number of imide groups is 1. The van der Waals surface area contributed by atoms with E-state index in [1.165, 1.54) is 0 Å². The minimum Gasteiger partial charge on any atom is -0.325 e. The third-order valence-electron chi connectivity index (χ3n) is 3.40. The van der Waals surface area contributed by atoms with Gasteiger partial charge in [0.15, 0.2) is 0 Å². The molecule has 0 spiro atoms. The van der Waals surface area contributed by atoms with Crippen LogP contribution in [0, 0.1) is 0 Å². The Morgan fingerprint density at radius 2 is 1.76 bits per heavy atom. The fourth-order valence-corrected chi connectivity index (χ4v) is 3.32. The van der Waals surface area contributed by atoms with Crippen LogP contribution in [0.5, 0.6) is 0 Å². The normalized spacial score (nSPS) is 15.7. The summed E-state index contributed by atoms with van der Waals surface area (Å²) >= 11 is 4.15. The predicted molar refractivity (Wildman–Crippen MR) is 102 cm³/mol. The molecule has 0 unspecified atom stereocenters. The molecule has 0 saturated carbocycles. The summed E-state index contributed by atoms with van der Waals surface area (Å²) in [6.45, 7) is -0.313. The number of halogens is 1. The van der Waals surface area contributed by atoms with Crippen LogP contribution in [-0.2, 0) is 9.59 Å². The van der Waals surface area contributed by atoms with Gasteiger partial charge in [-0.15, -0.1) is 0 Å². The minimum atomic E-state index is -0.454. The first-order valence-electron chi connectivity index (χ1n) is 7.39. The van der Waals surface area contributed by atoms with Gasteiger partial charge in [0.1, 0.15) is 6.54 Å². The topological polar surface area (TPSA) is 66.5 Å². The van der Waals surface area contributed by atoms with E-state index in [1.807, 2.05) is 30.3 Å². The Kier molecular flexibility index (Phi) is 5.35. The molecule has 1 N–H and O–H groups in total. The third kappa shape index (κ3) is 4.37. The summed E-state index contributed by atoms with van der Waals surface area (Å²) in [4.78, 5) is 37.8. The second-order valence-corrected chi connectivity index (χ2v) is 7.14. The Bertz CT molecular complexity index is 850. The van der Waals surface area contributed by atoms with Crippen molar-refractivity contribution in [1.29, 1.82) is 0 Å². The van der Waals surface area contributed by atoms with E-state index < -0.39 is 17.1 Å². The molecule has 7 heteroatoms. The molecular weight excluding hydrogens is 404 g/mol. The molecule has 2 aromatic carbocycles. The van der Waals surface area contributed by atoms with Crippen LogP contribution in [-0.4, -0.2) is 28.5 Å². The van der Waals surface area contributed by atoms with E-state index in [-0.39, 0.29) is 6.54 Å². The molecule has 0 aromatic heterocycles. The van der Waals surface area contributed by atoms with Gasteiger partial charge < -0.3 is 5.32 Å². The zero-order valence-corrected chi connectivity index (χ0v) is 15.3. The maximum atomic E-state index is 12.4. The standard InChI is InChI=1S/C18H13BrN2O3S/c19-13-6-8-14(9-7-13)20-16(22)11-21-17(23)15(25-18(21)24)10-12-4-2-1-3-5-12/h1-10H,11H2,(H,20,22)/b15-10+. The Balaban J connectivity index is 1.67. The highest BCUT2D eigenvalue weighted by Gasteiger charge is 2.36. The highest BCUT2D eigenvalue weighted by Crippen LogP contribution is 2.32. The first-order valence-corrected chi connectivity index (χ1v) is 9.00. The Morgan fingerprint density at radius 3 is 2.44 bits per heavy atom. The monoisotopic (exact) mass is 416 g/mol. The maximum absolute atomic E-state index is 12.4. The molecule has 0 aliphatic carbocycles. The molecule has 126 valence electrons. The Hall–Kier alpha value is -2.38. The number of thioether (sulfide) groups is 1. The molecule has 25 heavy (non-hydrogen) atoms. The van der Waals surface area contributed by atoms with E-state index in [0.717, 1.165) is 26.7 Å². The van der Waals surface area contributed by atoms with Gasteiger partial charge >= 0.3 is 0 Å². The Morgan fingerprint density at radius 1 is 1.08 bits per heavy atom. The summed E-state index contributed by atoms with van der Waals surface area (Å²) in [5.41, 5.74) is 1.42. The number of rotatable bonds is 4. The van der Waals surface area contributed by atoms with E-state index in [4.69, 9.17) is 0 Å². The average Bonchev–Trinajstić information content (AvgIpc) is 2.85. The van der Waals surface area contributed by atoms with Gasteiger partial charge in [-0.2, -0.15) is 0 Å². The summed E-state index contributed by atoms with van der Waals surface area (Å²) in [7, 11) is 0. The summed E-state index contributed by atoms with van der Waals surface area (Å²) in [5, 5.41) is 2.22. The van der Waals surface area contributed by atoms with Gasteiger partial charge in [-0.25, -0.2) is 0 Å². The summed E-state index contributed by atoms with van der Waals surface area (Å²) < 4.78 is 0.891. The molecule has 0 atom stereocenters. The van der Waals surface area contributed by atoms with Crippen LogP contribution < -0.4 is 5.32 Å². The molecular formula is C18H13BrN2O3S. The number of nitrogens with zero attached hydrogens (tertiary/aromatic N) is 1. The second-order valence-electron chi connectivity index (χ2n) is 5.23. The lowest BCUT2D eigenvalue weighted by atomic mass is 10.2. The number of nitrogens with one attached hydrogen (secondary N) is 1. The van der Waals surface area contributed by atoms with Gasteiger partial charge in [-0.05, 0) is 47.7 Å². The molecule has 1 heterocycles. The zero-order valence-electron chi connectivity index (χ0n) is 12.9. The van der Waals surface area contributed by atoms with E-state index >= 15 is 0 Å². The highest BCUT2D eigenvalue weighted by atomic mass is 79.9. The Labute approximate surface area is 157 Å². The van der Waals surface area contributed by atoms with E-state index in [2.05, 4.69) is 21.2 Å². The van der Waals surface area contributed by atoms with Crippen LogP contribution in [0.2, 0.25) is 0 Å². The molecule has 3 rings (SSSR count). The number of carbonyl (C=O) groups is 3. The van der Waals surface area contributed by atoms with Crippen molar-refractivity contribution in [1.82, 2.24) is 4.90 Å². The molecule has 2 aromatic rings.